The lowest BCUT2D eigenvalue weighted by Crippen LogP contribution is -1.90. The van der Waals surface area contributed by atoms with Crippen LogP contribution in [0.25, 0.3) is 5.57 Å². The van der Waals surface area contributed by atoms with E-state index in [1.807, 2.05) is 19.4 Å². The molecule has 1 heterocycles. The molecule has 0 aliphatic heterocycles. The number of rotatable bonds is 1. The summed E-state index contributed by atoms with van der Waals surface area (Å²) >= 11 is 0. The summed E-state index contributed by atoms with van der Waals surface area (Å²) < 4.78 is 1.77. The summed E-state index contributed by atoms with van der Waals surface area (Å²) in [6.07, 6.45) is 9.38. The van der Waals surface area contributed by atoms with E-state index in [2.05, 4.69) is 5.10 Å². The quantitative estimate of drug-likeness (QED) is 0.678. The molecule has 0 radical (unpaired) electrons. The molecule has 0 N–H and O–H groups in total. The number of hydrogen-bond acceptors (Lipinski definition) is 2. The van der Waals surface area contributed by atoms with Crippen molar-refractivity contribution in [2.24, 2.45) is 7.05 Å². The molecule has 0 saturated carbocycles. The van der Waals surface area contributed by atoms with Crippen LogP contribution >= 0.6 is 0 Å². The summed E-state index contributed by atoms with van der Waals surface area (Å²) in [5.41, 5.74) is 2.23. The summed E-state index contributed by atoms with van der Waals surface area (Å²) in [4.78, 5) is 11.4. The Morgan fingerprint density at radius 1 is 1.36 bits per heavy atom. The number of aromatic nitrogens is 2. The number of allylic oxidation sites excluding steroid dienone is 2. The first-order chi connectivity index (χ1) is 6.75. The highest BCUT2D eigenvalue weighted by Gasteiger charge is 2.10. The van der Waals surface area contributed by atoms with Gasteiger partial charge >= 0.3 is 0 Å². The van der Waals surface area contributed by atoms with Crippen LogP contribution in [0.3, 0.4) is 0 Å². The number of carbonyl (C=O) groups excluding carboxylic acids is 1. The van der Waals surface area contributed by atoms with E-state index in [-0.39, 0.29) is 5.78 Å². The number of carbonyl (C=O) groups is 1. The van der Waals surface area contributed by atoms with Crippen LogP contribution in [0, 0.1) is 0 Å². The second-order valence-corrected chi connectivity index (χ2v) is 3.75. The van der Waals surface area contributed by atoms with Crippen LogP contribution in [0.1, 0.15) is 31.2 Å². The third-order valence-electron chi connectivity index (χ3n) is 2.53. The molecule has 14 heavy (non-hydrogen) atoms. The first-order valence-electron chi connectivity index (χ1n) is 4.98. The van der Waals surface area contributed by atoms with Gasteiger partial charge in [-0.1, -0.05) is 0 Å². The minimum absolute atomic E-state index is 0.251. The first kappa shape index (κ1) is 9.19. The van der Waals surface area contributed by atoms with Gasteiger partial charge in [0.25, 0.3) is 0 Å². The maximum atomic E-state index is 11.4. The predicted octanol–water partition coefficient (Wildman–Crippen LogP) is 1.95. The van der Waals surface area contributed by atoms with Gasteiger partial charge in [0.1, 0.15) is 0 Å². The van der Waals surface area contributed by atoms with Crippen LogP contribution < -0.4 is 0 Å². The van der Waals surface area contributed by atoms with E-state index >= 15 is 0 Å². The summed E-state index contributed by atoms with van der Waals surface area (Å²) in [6, 6.07) is 0. The van der Waals surface area contributed by atoms with Gasteiger partial charge in [-0.3, -0.25) is 9.48 Å². The average Bonchev–Trinajstić information content (AvgIpc) is 2.45. The molecule has 0 aromatic carbocycles. The Labute approximate surface area is 83.4 Å². The fourth-order valence-electron chi connectivity index (χ4n) is 1.77. The molecule has 1 aromatic rings. The van der Waals surface area contributed by atoms with Gasteiger partial charge in [0.2, 0.25) is 0 Å². The standard InChI is InChI=1S/C11H14N2O/c1-13-8-10(7-12-13)9-4-2-3-5-11(14)6-9/h6-8H,2-5H2,1H3. The van der Waals surface area contributed by atoms with Gasteiger partial charge in [0.15, 0.2) is 5.78 Å². The number of aryl methyl sites for hydroxylation is 1. The predicted molar refractivity (Wildman–Crippen MR) is 54.7 cm³/mol. The van der Waals surface area contributed by atoms with Crippen LogP contribution in [0.15, 0.2) is 18.5 Å². The Morgan fingerprint density at radius 3 is 2.86 bits per heavy atom. The van der Waals surface area contributed by atoms with E-state index in [4.69, 9.17) is 0 Å². The van der Waals surface area contributed by atoms with Gasteiger partial charge in [-0.05, 0) is 30.9 Å². The average molecular weight is 190 g/mol. The molecule has 0 saturated heterocycles. The minimum Gasteiger partial charge on any atom is -0.295 e. The molecule has 1 aromatic heterocycles. The van der Waals surface area contributed by atoms with E-state index in [1.54, 1.807) is 10.8 Å². The second kappa shape index (κ2) is 3.78. The van der Waals surface area contributed by atoms with Crippen LogP contribution in [-0.2, 0) is 11.8 Å². The zero-order valence-electron chi connectivity index (χ0n) is 8.36. The zero-order valence-corrected chi connectivity index (χ0v) is 8.36. The Bertz CT molecular complexity index is 376. The molecule has 2 rings (SSSR count). The lowest BCUT2D eigenvalue weighted by Gasteiger charge is -1.99. The van der Waals surface area contributed by atoms with E-state index in [1.165, 1.54) is 0 Å². The van der Waals surface area contributed by atoms with Crippen molar-refractivity contribution >= 4 is 11.4 Å². The van der Waals surface area contributed by atoms with E-state index in [9.17, 15) is 4.79 Å². The zero-order chi connectivity index (χ0) is 9.97. The Hall–Kier alpha value is -1.38. The van der Waals surface area contributed by atoms with Crippen molar-refractivity contribution in [3.05, 3.63) is 24.0 Å². The van der Waals surface area contributed by atoms with Crippen LogP contribution in [0.2, 0.25) is 0 Å². The number of nitrogens with zero attached hydrogens (tertiary/aromatic N) is 2. The SMILES string of the molecule is Cn1cc(C2=CC(=O)CCCC2)cn1. The van der Waals surface area contributed by atoms with E-state index in [0.717, 1.165) is 30.4 Å². The molecule has 0 bridgehead atoms. The van der Waals surface area contributed by atoms with Crippen molar-refractivity contribution in [1.82, 2.24) is 9.78 Å². The van der Waals surface area contributed by atoms with E-state index < -0.39 is 0 Å². The van der Waals surface area contributed by atoms with Gasteiger partial charge in [-0.2, -0.15) is 5.10 Å². The largest absolute Gasteiger partial charge is 0.295 e. The van der Waals surface area contributed by atoms with Crippen LogP contribution in [0.5, 0.6) is 0 Å². The highest BCUT2D eigenvalue weighted by atomic mass is 16.1. The van der Waals surface area contributed by atoms with Crippen molar-refractivity contribution < 1.29 is 4.79 Å². The molecular weight excluding hydrogens is 176 g/mol. The summed E-state index contributed by atoms with van der Waals surface area (Å²) in [5, 5.41) is 4.11. The lowest BCUT2D eigenvalue weighted by atomic mass is 10.1. The van der Waals surface area contributed by atoms with Crippen molar-refractivity contribution in [2.45, 2.75) is 25.7 Å². The third kappa shape index (κ3) is 1.92. The van der Waals surface area contributed by atoms with Crippen molar-refractivity contribution in [2.75, 3.05) is 0 Å². The monoisotopic (exact) mass is 190 g/mol. The topological polar surface area (TPSA) is 34.9 Å². The molecule has 3 nitrogen and oxygen atoms in total. The van der Waals surface area contributed by atoms with Gasteiger partial charge < -0.3 is 0 Å². The molecule has 74 valence electrons. The molecule has 3 heteroatoms. The normalized spacial score (nSPS) is 17.8. The fraction of sp³-hybridized carbons (Fsp3) is 0.455. The highest BCUT2D eigenvalue weighted by Crippen LogP contribution is 2.23. The fourth-order valence-corrected chi connectivity index (χ4v) is 1.77. The summed E-state index contributed by atoms with van der Waals surface area (Å²) in [6.45, 7) is 0. The maximum Gasteiger partial charge on any atom is 0.155 e. The summed E-state index contributed by atoms with van der Waals surface area (Å²) in [7, 11) is 1.89. The molecule has 0 unspecified atom stereocenters. The lowest BCUT2D eigenvalue weighted by molar-refractivity contribution is -0.114. The molecule has 0 spiro atoms. The Morgan fingerprint density at radius 2 is 2.14 bits per heavy atom. The van der Waals surface area contributed by atoms with Crippen LogP contribution in [-0.4, -0.2) is 15.6 Å². The third-order valence-corrected chi connectivity index (χ3v) is 2.53. The smallest absolute Gasteiger partial charge is 0.155 e. The minimum atomic E-state index is 0.251. The molecule has 1 aliphatic carbocycles. The maximum absolute atomic E-state index is 11.4. The van der Waals surface area contributed by atoms with Crippen molar-refractivity contribution in [3.8, 4) is 0 Å². The number of ketones is 1. The van der Waals surface area contributed by atoms with Gasteiger partial charge in [-0.15, -0.1) is 0 Å². The molecule has 0 fully saturated rings. The molecule has 0 atom stereocenters. The van der Waals surface area contributed by atoms with Gasteiger partial charge in [0.05, 0.1) is 6.20 Å². The second-order valence-electron chi connectivity index (χ2n) is 3.75. The molecule has 1 aliphatic rings. The van der Waals surface area contributed by atoms with Crippen molar-refractivity contribution in [3.63, 3.8) is 0 Å². The highest BCUT2D eigenvalue weighted by molar-refractivity contribution is 5.97. The molecular formula is C11H14N2O. The first-order valence-corrected chi connectivity index (χ1v) is 4.98. The Kier molecular flexibility index (Phi) is 2.48. The van der Waals surface area contributed by atoms with E-state index in [0.29, 0.717) is 6.42 Å². The Balaban J connectivity index is 2.28. The van der Waals surface area contributed by atoms with Crippen LogP contribution in [0.4, 0.5) is 0 Å². The molecule has 0 amide bonds. The summed E-state index contributed by atoms with van der Waals surface area (Å²) in [5.74, 6) is 0.251. The van der Waals surface area contributed by atoms with Gasteiger partial charge in [0, 0.05) is 25.2 Å². The number of hydrogen-bond donors (Lipinski definition) is 0. The van der Waals surface area contributed by atoms with Gasteiger partial charge in [-0.25, -0.2) is 0 Å². The van der Waals surface area contributed by atoms with Crippen molar-refractivity contribution in [1.29, 1.82) is 0 Å².